The maximum absolute atomic E-state index is 12.8. The second-order valence-corrected chi connectivity index (χ2v) is 8.30. The van der Waals surface area contributed by atoms with Gasteiger partial charge < -0.3 is 9.15 Å². The number of hydrogen-bond donors (Lipinski definition) is 0. The molecule has 0 bridgehead atoms. The van der Waals surface area contributed by atoms with E-state index in [0.29, 0.717) is 21.9 Å². The Balaban J connectivity index is 1.99. The van der Waals surface area contributed by atoms with E-state index in [2.05, 4.69) is 4.40 Å². The number of hydrogen-bond acceptors (Lipinski definition) is 4. The number of methoxy groups -OCH3 is 1. The fraction of sp³-hybridized carbons (Fsp3) is 0.0455. The molecule has 0 unspecified atom stereocenters. The van der Waals surface area contributed by atoms with Crippen LogP contribution in [-0.2, 0) is 10.0 Å². The Kier molecular flexibility index (Phi) is 5.13. The predicted molar refractivity (Wildman–Crippen MR) is 112 cm³/mol. The zero-order chi connectivity index (χ0) is 20.4. The van der Waals surface area contributed by atoms with Gasteiger partial charge >= 0.3 is 0 Å². The molecule has 7 heteroatoms. The Morgan fingerprint density at radius 2 is 1.66 bits per heavy atom. The van der Waals surface area contributed by atoms with Crippen molar-refractivity contribution in [2.24, 2.45) is 4.40 Å². The Morgan fingerprint density at radius 3 is 2.34 bits per heavy atom. The second-order valence-electron chi connectivity index (χ2n) is 6.26. The van der Waals surface area contributed by atoms with Crippen LogP contribution < -0.4 is 10.3 Å². The smallest absolute Gasteiger partial charge is 0.285 e. The van der Waals surface area contributed by atoms with E-state index >= 15 is 0 Å². The molecule has 4 aromatic rings. The van der Waals surface area contributed by atoms with Crippen LogP contribution in [0.3, 0.4) is 0 Å². The first-order valence-electron chi connectivity index (χ1n) is 8.70. The first-order chi connectivity index (χ1) is 14.0. The number of ether oxygens (including phenoxy) is 1. The van der Waals surface area contributed by atoms with E-state index in [4.69, 9.17) is 20.8 Å². The molecule has 29 heavy (non-hydrogen) atoms. The molecule has 0 saturated heterocycles. The summed E-state index contributed by atoms with van der Waals surface area (Å²) < 4.78 is 40.9. The summed E-state index contributed by atoms with van der Waals surface area (Å²) in [6.07, 6.45) is 0. The first kappa shape index (κ1) is 19.2. The molecule has 0 saturated carbocycles. The molecule has 146 valence electrons. The van der Waals surface area contributed by atoms with Crippen LogP contribution in [0.25, 0.3) is 22.1 Å². The quantitative estimate of drug-likeness (QED) is 0.458. The Morgan fingerprint density at radius 1 is 0.931 bits per heavy atom. The molecule has 0 N–H and O–H groups in total. The van der Waals surface area contributed by atoms with Gasteiger partial charge in [0.05, 0.1) is 12.0 Å². The first-order valence-corrected chi connectivity index (χ1v) is 10.5. The van der Waals surface area contributed by atoms with Crippen molar-refractivity contribution in [2.45, 2.75) is 4.90 Å². The van der Waals surface area contributed by atoms with Crippen LogP contribution in [0, 0.1) is 0 Å². The normalized spacial score (nSPS) is 12.3. The van der Waals surface area contributed by atoms with Crippen LogP contribution in [0.15, 0.2) is 92.6 Å². The molecule has 0 amide bonds. The average Bonchev–Trinajstić information content (AvgIpc) is 2.73. The number of sulfonamides is 1. The molecule has 5 nitrogen and oxygen atoms in total. The number of halogens is 1. The minimum Gasteiger partial charge on any atom is -0.497 e. The highest BCUT2D eigenvalue weighted by Gasteiger charge is 2.15. The van der Waals surface area contributed by atoms with Gasteiger partial charge in [0.1, 0.15) is 11.3 Å². The Bertz CT molecular complexity index is 1350. The van der Waals surface area contributed by atoms with E-state index in [-0.39, 0.29) is 10.4 Å². The van der Waals surface area contributed by atoms with Crippen molar-refractivity contribution in [2.75, 3.05) is 7.11 Å². The third kappa shape index (κ3) is 4.04. The summed E-state index contributed by atoms with van der Waals surface area (Å²) in [5.41, 5.74) is 1.84. The molecule has 3 aromatic carbocycles. The lowest BCUT2D eigenvalue weighted by atomic mass is 10.1. The van der Waals surface area contributed by atoms with E-state index in [9.17, 15) is 8.42 Å². The van der Waals surface area contributed by atoms with Gasteiger partial charge in [0, 0.05) is 16.0 Å². The minimum absolute atomic E-state index is 0.00353. The van der Waals surface area contributed by atoms with Crippen molar-refractivity contribution in [1.29, 1.82) is 0 Å². The van der Waals surface area contributed by atoms with Gasteiger partial charge in [-0.15, -0.1) is 4.40 Å². The molecule has 4 rings (SSSR count). The third-order valence-corrected chi connectivity index (χ3v) is 5.88. The van der Waals surface area contributed by atoms with Gasteiger partial charge in [-0.25, -0.2) is 0 Å². The molecule has 0 spiro atoms. The fourth-order valence-corrected chi connectivity index (χ4v) is 3.96. The average molecular weight is 426 g/mol. The van der Waals surface area contributed by atoms with E-state index < -0.39 is 10.0 Å². The summed E-state index contributed by atoms with van der Waals surface area (Å²) in [6.45, 7) is 0. The van der Waals surface area contributed by atoms with Gasteiger partial charge in [0.2, 0.25) is 5.55 Å². The topological polar surface area (TPSA) is 68.9 Å². The van der Waals surface area contributed by atoms with Crippen molar-refractivity contribution >= 4 is 32.6 Å². The summed E-state index contributed by atoms with van der Waals surface area (Å²) in [5, 5.41) is 1.21. The van der Waals surface area contributed by atoms with E-state index in [0.717, 1.165) is 10.9 Å². The Hall–Kier alpha value is -3.09. The maximum atomic E-state index is 12.8. The van der Waals surface area contributed by atoms with Crippen LogP contribution in [0.4, 0.5) is 0 Å². The monoisotopic (exact) mass is 425 g/mol. The van der Waals surface area contributed by atoms with Crippen LogP contribution in [0.5, 0.6) is 5.75 Å². The number of rotatable bonds is 4. The largest absolute Gasteiger partial charge is 0.497 e. The van der Waals surface area contributed by atoms with Crippen LogP contribution in [0.2, 0.25) is 5.02 Å². The lowest BCUT2D eigenvalue weighted by molar-refractivity contribution is 0.415. The molecule has 0 radical (unpaired) electrons. The van der Waals surface area contributed by atoms with Gasteiger partial charge in [0.15, 0.2) is 0 Å². The van der Waals surface area contributed by atoms with E-state index in [1.807, 2.05) is 42.5 Å². The maximum Gasteiger partial charge on any atom is 0.285 e. The van der Waals surface area contributed by atoms with Gasteiger partial charge in [-0.3, -0.25) is 0 Å². The summed E-state index contributed by atoms with van der Waals surface area (Å²) in [6, 6.07) is 22.3. The number of nitrogens with zero attached hydrogens (tertiary/aromatic N) is 1. The molecule has 1 aromatic heterocycles. The molecule has 0 aliphatic carbocycles. The SMILES string of the molecule is COc1ccc2o/c(=N\S(=O)(=O)c3ccc(Cl)cc3)c(-c3ccccc3)cc2c1. The zero-order valence-electron chi connectivity index (χ0n) is 15.4. The minimum atomic E-state index is -3.99. The summed E-state index contributed by atoms with van der Waals surface area (Å²) in [7, 11) is -2.41. The van der Waals surface area contributed by atoms with Gasteiger partial charge in [0.25, 0.3) is 10.0 Å². The molecular weight excluding hydrogens is 410 g/mol. The molecule has 0 atom stereocenters. The van der Waals surface area contributed by atoms with E-state index in [1.54, 1.807) is 19.2 Å². The standard InChI is InChI=1S/C22H16ClNO4S/c1-27-18-9-12-21-16(13-18)14-20(15-5-3-2-4-6-15)22(28-21)24-29(25,26)19-10-7-17(23)8-11-19/h2-14H,1H3/b24-22-. The van der Waals surface area contributed by atoms with Crippen molar-refractivity contribution in [3.8, 4) is 16.9 Å². The predicted octanol–water partition coefficient (Wildman–Crippen LogP) is 5.05. The van der Waals surface area contributed by atoms with Crippen molar-refractivity contribution in [1.82, 2.24) is 0 Å². The lowest BCUT2D eigenvalue weighted by Crippen LogP contribution is -2.11. The zero-order valence-corrected chi connectivity index (χ0v) is 16.9. The molecule has 1 heterocycles. The molecular formula is C22H16ClNO4S. The van der Waals surface area contributed by atoms with Gasteiger partial charge in [-0.05, 0) is 54.1 Å². The fourth-order valence-electron chi connectivity index (χ4n) is 2.90. The highest BCUT2D eigenvalue weighted by Crippen LogP contribution is 2.25. The van der Waals surface area contributed by atoms with Crippen LogP contribution in [-0.4, -0.2) is 15.5 Å². The third-order valence-electron chi connectivity index (χ3n) is 4.35. The van der Waals surface area contributed by atoms with E-state index in [1.165, 1.54) is 24.3 Å². The molecule has 0 fully saturated rings. The van der Waals surface area contributed by atoms with Gasteiger partial charge in [-0.1, -0.05) is 41.9 Å². The second kappa shape index (κ2) is 7.73. The summed E-state index contributed by atoms with van der Waals surface area (Å²) in [5.74, 6) is 0.671. The Labute approximate surface area is 172 Å². The number of benzene rings is 3. The summed E-state index contributed by atoms with van der Waals surface area (Å²) in [4.78, 5) is 0.0333. The van der Waals surface area contributed by atoms with Gasteiger partial charge in [-0.2, -0.15) is 8.42 Å². The highest BCUT2D eigenvalue weighted by molar-refractivity contribution is 7.90. The van der Waals surface area contributed by atoms with Crippen molar-refractivity contribution in [3.63, 3.8) is 0 Å². The lowest BCUT2D eigenvalue weighted by Gasteiger charge is -2.07. The highest BCUT2D eigenvalue weighted by atomic mass is 35.5. The van der Waals surface area contributed by atoms with Crippen LogP contribution >= 0.6 is 11.6 Å². The number of fused-ring (bicyclic) bond motifs is 1. The van der Waals surface area contributed by atoms with Crippen molar-refractivity contribution in [3.05, 3.63) is 89.4 Å². The molecule has 0 aliphatic rings. The molecule has 0 aliphatic heterocycles. The van der Waals surface area contributed by atoms with Crippen LogP contribution in [0.1, 0.15) is 0 Å². The van der Waals surface area contributed by atoms with Crippen molar-refractivity contribution < 1.29 is 17.6 Å². The summed E-state index contributed by atoms with van der Waals surface area (Å²) >= 11 is 5.86.